The number of nitrogen functional groups attached to an aromatic ring is 1. The summed E-state index contributed by atoms with van der Waals surface area (Å²) >= 11 is 6.18. The molecule has 0 fully saturated rings. The molecule has 2 aromatic rings. The highest BCUT2D eigenvalue weighted by Crippen LogP contribution is 2.27. The van der Waals surface area contributed by atoms with Gasteiger partial charge < -0.3 is 5.73 Å². The minimum atomic E-state index is 0.658. The number of rotatable bonds is 3. The van der Waals surface area contributed by atoms with Crippen molar-refractivity contribution in [2.45, 2.75) is 40.7 Å². The maximum atomic E-state index is 6.18. The second kappa shape index (κ2) is 4.65. The van der Waals surface area contributed by atoms with E-state index in [1.807, 2.05) is 25.5 Å². The van der Waals surface area contributed by atoms with E-state index in [9.17, 15) is 0 Å². The number of anilines is 1. The molecule has 0 aromatic carbocycles. The van der Waals surface area contributed by atoms with Crippen LogP contribution in [0.4, 0.5) is 5.69 Å². The van der Waals surface area contributed by atoms with E-state index < -0.39 is 0 Å². The van der Waals surface area contributed by atoms with Gasteiger partial charge >= 0.3 is 0 Å². The zero-order valence-corrected chi connectivity index (χ0v) is 11.9. The van der Waals surface area contributed by atoms with Gasteiger partial charge in [-0.15, -0.1) is 0 Å². The predicted octanol–water partition coefficient (Wildman–Crippen LogP) is 2.64. The van der Waals surface area contributed by atoms with Crippen LogP contribution in [0.5, 0.6) is 0 Å². The lowest BCUT2D eigenvalue weighted by Gasteiger charge is -2.08. The summed E-state index contributed by atoms with van der Waals surface area (Å²) in [5, 5.41) is 9.56. The van der Waals surface area contributed by atoms with Crippen molar-refractivity contribution in [3.05, 3.63) is 22.1 Å². The summed E-state index contributed by atoms with van der Waals surface area (Å²) in [6, 6.07) is 0. The summed E-state index contributed by atoms with van der Waals surface area (Å²) in [6.07, 6.45) is 0.987. The first-order chi connectivity index (χ1) is 8.47. The zero-order valence-electron chi connectivity index (χ0n) is 11.2. The van der Waals surface area contributed by atoms with Gasteiger partial charge in [0.05, 0.1) is 27.8 Å². The van der Waals surface area contributed by atoms with Gasteiger partial charge in [-0.3, -0.25) is 0 Å². The highest BCUT2D eigenvalue weighted by molar-refractivity contribution is 6.31. The summed E-state index contributed by atoms with van der Waals surface area (Å²) in [6.45, 7) is 8.63. The summed E-state index contributed by atoms with van der Waals surface area (Å²) in [4.78, 5) is 0. The van der Waals surface area contributed by atoms with E-state index in [0.717, 1.165) is 35.9 Å². The van der Waals surface area contributed by atoms with Gasteiger partial charge in [0.15, 0.2) is 5.82 Å². The molecule has 2 aromatic heterocycles. The van der Waals surface area contributed by atoms with Crippen LogP contribution in [0.15, 0.2) is 0 Å². The monoisotopic (exact) mass is 267 g/mol. The van der Waals surface area contributed by atoms with Gasteiger partial charge in [0.1, 0.15) is 0 Å². The van der Waals surface area contributed by atoms with Crippen LogP contribution in [0.25, 0.3) is 5.82 Å². The minimum absolute atomic E-state index is 0.658. The van der Waals surface area contributed by atoms with E-state index in [-0.39, 0.29) is 0 Å². The molecule has 0 bridgehead atoms. The first-order valence-electron chi connectivity index (χ1n) is 6.02. The number of aromatic nitrogens is 4. The third-order valence-corrected chi connectivity index (χ3v) is 3.53. The summed E-state index contributed by atoms with van der Waals surface area (Å²) in [7, 11) is 0. The fraction of sp³-hybridized carbons (Fsp3) is 0.500. The lowest BCUT2D eigenvalue weighted by atomic mass is 10.3. The molecule has 0 saturated heterocycles. The maximum absolute atomic E-state index is 6.18. The molecule has 98 valence electrons. The quantitative estimate of drug-likeness (QED) is 0.930. The van der Waals surface area contributed by atoms with E-state index in [1.54, 1.807) is 4.68 Å². The molecule has 0 spiro atoms. The first kappa shape index (κ1) is 13.0. The van der Waals surface area contributed by atoms with Crippen molar-refractivity contribution in [1.29, 1.82) is 0 Å². The Balaban J connectivity index is 2.65. The van der Waals surface area contributed by atoms with E-state index in [1.165, 1.54) is 0 Å². The van der Waals surface area contributed by atoms with Crippen LogP contribution in [0, 0.1) is 20.8 Å². The summed E-state index contributed by atoms with van der Waals surface area (Å²) in [5.74, 6) is 0.807. The Bertz CT molecular complexity index is 582. The molecule has 0 amide bonds. The third-order valence-electron chi connectivity index (χ3n) is 2.98. The largest absolute Gasteiger partial charge is 0.394 e. The summed E-state index contributed by atoms with van der Waals surface area (Å²) in [5.41, 5.74) is 9.27. The van der Waals surface area contributed by atoms with Crippen LogP contribution >= 0.6 is 11.6 Å². The molecule has 18 heavy (non-hydrogen) atoms. The van der Waals surface area contributed by atoms with Crippen molar-refractivity contribution >= 4 is 17.3 Å². The Morgan fingerprint density at radius 1 is 1.17 bits per heavy atom. The molecular weight excluding hydrogens is 250 g/mol. The van der Waals surface area contributed by atoms with E-state index in [2.05, 4.69) is 17.1 Å². The fourth-order valence-electron chi connectivity index (χ4n) is 2.00. The van der Waals surface area contributed by atoms with Crippen molar-refractivity contribution in [3.63, 3.8) is 0 Å². The standard InChI is InChI=1S/C12H18ClN5/c1-5-6-17-12(11(14)8(3)15-17)18-9(4)10(13)7(2)16-18/h5-6,14H2,1-4H3. The number of hydrogen-bond donors (Lipinski definition) is 1. The Morgan fingerprint density at radius 3 is 2.33 bits per heavy atom. The maximum Gasteiger partial charge on any atom is 0.175 e. The van der Waals surface area contributed by atoms with Crippen LogP contribution in [-0.4, -0.2) is 19.6 Å². The van der Waals surface area contributed by atoms with E-state index >= 15 is 0 Å². The summed E-state index contributed by atoms with van der Waals surface area (Å²) < 4.78 is 3.67. The highest BCUT2D eigenvalue weighted by atomic mass is 35.5. The van der Waals surface area contributed by atoms with E-state index in [0.29, 0.717) is 10.7 Å². The van der Waals surface area contributed by atoms with Crippen molar-refractivity contribution < 1.29 is 0 Å². The van der Waals surface area contributed by atoms with Crippen LogP contribution < -0.4 is 5.73 Å². The third kappa shape index (κ3) is 1.88. The van der Waals surface area contributed by atoms with Gasteiger partial charge in [-0.1, -0.05) is 18.5 Å². The van der Waals surface area contributed by atoms with Crippen molar-refractivity contribution in [3.8, 4) is 5.82 Å². The van der Waals surface area contributed by atoms with Crippen LogP contribution in [0.2, 0.25) is 5.02 Å². The smallest absolute Gasteiger partial charge is 0.175 e. The Hall–Kier alpha value is -1.49. The number of halogens is 1. The van der Waals surface area contributed by atoms with Gasteiger partial charge in [-0.05, 0) is 27.2 Å². The van der Waals surface area contributed by atoms with Gasteiger partial charge in [-0.2, -0.15) is 10.2 Å². The Labute approximate surface area is 112 Å². The molecule has 2 rings (SSSR count). The molecule has 0 aliphatic heterocycles. The van der Waals surface area contributed by atoms with Gasteiger partial charge in [0, 0.05) is 6.54 Å². The number of aryl methyl sites for hydroxylation is 3. The fourth-order valence-corrected chi connectivity index (χ4v) is 2.12. The molecular formula is C12H18ClN5. The second-order valence-corrected chi connectivity index (χ2v) is 4.82. The average molecular weight is 268 g/mol. The lowest BCUT2D eigenvalue weighted by molar-refractivity contribution is 0.571. The van der Waals surface area contributed by atoms with Gasteiger partial charge in [0.25, 0.3) is 0 Å². The highest BCUT2D eigenvalue weighted by Gasteiger charge is 2.19. The van der Waals surface area contributed by atoms with Crippen molar-refractivity contribution in [2.75, 3.05) is 5.73 Å². The van der Waals surface area contributed by atoms with Crippen LogP contribution in [0.1, 0.15) is 30.4 Å². The lowest BCUT2D eigenvalue weighted by Crippen LogP contribution is -2.11. The SMILES string of the molecule is CCCn1nc(C)c(N)c1-n1nc(C)c(Cl)c1C. The first-order valence-corrected chi connectivity index (χ1v) is 6.40. The molecule has 0 atom stereocenters. The Kier molecular flexibility index (Phi) is 3.34. The molecule has 0 aliphatic carbocycles. The van der Waals surface area contributed by atoms with Crippen molar-refractivity contribution in [1.82, 2.24) is 19.6 Å². The van der Waals surface area contributed by atoms with Crippen LogP contribution in [-0.2, 0) is 6.54 Å². The number of nitrogens with zero attached hydrogens (tertiary/aromatic N) is 4. The van der Waals surface area contributed by atoms with Crippen LogP contribution in [0.3, 0.4) is 0 Å². The average Bonchev–Trinajstić information content (AvgIpc) is 2.73. The number of hydrogen-bond acceptors (Lipinski definition) is 3. The van der Waals surface area contributed by atoms with Gasteiger partial charge in [0.2, 0.25) is 0 Å². The molecule has 0 saturated carbocycles. The normalized spacial score (nSPS) is 11.2. The molecule has 0 radical (unpaired) electrons. The molecule has 0 aliphatic rings. The minimum Gasteiger partial charge on any atom is -0.394 e. The predicted molar refractivity (Wildman–Crippen MR) is 73.3 cm³/mol. The van der Waals surface area contributed by atoms with Gasteiger partial charge in [-0.25, -0.2) is 9.36 Å². The number of nitrogens with two attached hydrogens (primary N) is 1. The van der Waals surface area contributed by atoms with Crippen molar-refractivity contribution in [2.24, 2.45) is 0 Å². The Morgan fingerprint density at radius 2 is 1.83 bits per heavy atom. The zero-order chi connectivity index (χ0) is 13.4. The molecule has 0 unspecified atom stereocenters. The molecule has 2 N–H and O–H groups in total. The molecule has 2 heterocycles. The molecule has 5 nitrogen and oxygen atoms in total. The second-order valence-electron chi connectivity index (χ2n) is 4.44. The topological polar surface area (TPSA) is 61.7 Å². The molecule has 6 heteroatoms. The van der Waals surface area contributed by atoms with E-state index in [4.69, 9.17) is 17.3 Å².